The van der Waals surface area contributed by atoms with E-state index in [-0.39, 0.29) is 10.4 Å². The summed E-state index contributed by atoms with van der Waals surface area (Å²) in [5.41, 5.74) is 0.986. The number of halogens is 2. The van der Waals surface area contributed by atoms with Crippen LogP contribution in [0.4, 0.5) is 0 Å². The monoisotopic (exact) mass is 362 g/mol. The predicted molar refractivity (Wildman–Crippen MR) is 76.0 cm³/mol. The van der Waals surface area contributed by atoms with Crippen LogP contribution < -0.4 is 4.74 Å². The first-order valence-electron chi connectivity index (χ1n) is 5.68. The van der Waals surface area contributed by atoms with Gasteiger partial charge in [-0.15, -0.1) is 0 Å². The molecule has 0 spiro atoms. The van der Waals surface area contributed by atoms with Crippen LogP contribution in [0.2, 0.25) is 0 Å². The van der Waals surface area contributed by atoms with E-state index in [1.165, 1.54) is 0 Å². The molecule has 1 saturated heterocycles. The molecule has 1 aromatic carbocycles. The van der Waals surface area contributed by atoms with Crippen molar-refractivity contribution in [3.63, 3.8) is 0 Å². The number of hydrogen-bond acceptors (Lipinski definition) is 2. The van der Waals surface area contributed by atoms with E-state index in [0.717, 1.165) is 35.2 Å². The van der Waals surface area contributed by atoms with E-state index in [4.69, 9.17) is 9.47 Å². The van der Waals surface area contributed by atoms with Crippen LogP contribution in [0, 0.1) is 0 Å². The van der Waals surface area contributed by atoms with Crippen LogP contribution >= 0.6 is 31.9 Å². The van der Waals surface area contributed by atoms with Gasteiger partial charge in [0.1, 0.15) is 5.75 Å². The minimum absolute atomic E-state index is 0.143. The number of hydrogen-bond donors (Lipinski definition) is 0. The Hall–Kier alpha value is -0.0600. The van der Waals surface area contributed by atoms with E-state index in [1.54, 1.807) is 7.11 Å². The Kier molecular flexibility index (Phi) is 4.16. The van der Waals surface area contributed by atoms with Gasteiger partial charge in [0.15, 0.2) is 0 Å². The van der Waals surface area contributed by atoms with Crippen molar-refractivity contribution in [3.05, 3.63) is 28.2 Å². The second-order valence-corrected chi connectivity index (χ2v) is 6.34. The van der Waals surface area contributed by atoms with E-state index < -0.39 is 0 Å². The fourth-order valence-electron chi connectivity index (χ4n) is 2.23. The third-order valence-electron chi connectivity index (χ3n) is 3.25. The minimum Gasteiger partial charge on any atom is -0.496 e. The van der Waals surface area contributed by atoms with Gasteiger partial charge in [-0.05, 0) is 38.0 Å². The molecule has 1 aliphatic rings. The van der Waals surface area contributed by atoms with E-state index >= 15 is 0 Å². The third-order valence-corrected chi connectivity index (χ3v) is 5.21. The van der Waals surface area contributed by atoms with Crippen molar-refractivity contribution in [1.82, 2.24) is 0 Å². The van der Waals surface area contributed by atoms with Crippen molar-refractivity contribution < 1.29 is 9.47 Å². The fourth-order valence-corrected chi connectivity index (χ4v) is 3.33. The van der Waals surface area contributed by atoms with Crippen LogP contribution in [-0.2, 0) is 4.74 Å². The predicted octanol–water partition coefficient (Wildman–Crippen LogP) is 4.46. The lowest BCUT2D eigenvalue weighted by atomic mass is 9.93. The zero-order valence-corrected chi connectivity index (χ0v) is 13.2. The molecule has 0 aliphatic carbocycles. The van der Waals surface area contributed by atoms with E-state index in [1.807, 2.05) is 12.1 Å². The molecule has 1 fully saturated rings. The topological polar surface area (TPSA) is 18.5 Å². The Balaban J connectivity index is 2.35. The quantitative estimate of drug-likeness (QED) is 0.738. The fraction of sp³-hybridized carbons (Fsp3) is 0.538. The van der Waals surface area contributed by atoms with E-state index in [9.17, 15) is 0 Å². The van der Waals surface area contributed by atoms with Gasteiger partial charge < -0.3 is 9.47 Å². The van der Waals surface area contributed by atoms with Crippen molar-refractivity contribution in [1.29, 1.82) is 0 Å². The summed E-state index contributed by atoms with van der Waals surface area (Å²) < 4.78 is 12.4. The molecule has 2 nitrogen and oxygen atoms in total. The molecule has 94 valence electrons. The number of alkyl halides is 1. The Bertz CT molecular complexity index is 400. The molecule has 2 unspecified atom stereocenters. The maximum Gasteiger partial charge on any atom is 0.123 e. The van der Waals surface area contributed by atoms with Gasteiger partial charge in [0.2, 0.25) is 0 Å². The molecule has 1 aromatic rings. The summed E-state index contributed by atoms with van der Waals surface area (Å²) in [4.78, 5) is 0.143. The molecule has 0 radical (unpaired) electrons. The van der Waals surface area contributed by atoms with Gasteiger partial charge in [-0.3, -0.25) is 0 Å². The minimum atomic E-state index is -0.145. The van der Waals surface area contributed by atoms with Crippen LogP contribution in [0.15, 0.2) is 22.7 Å². The largest absolute Gasteiger partial charge is 0.496 e. The average molecular weight is 364 g/mol. The Morgan fingerprint density at radius 3 is 2.82 bits per heavy atom. The van der Waals surface area contributed by atoms with Crippen LogP contribution in [0.1, 0.15) is 30.2 Å². The lowest BCUT2D eigenvalue weighted by Crippen LogP contribution is -2.28. The molecule has 4 heteroatoms. The molecule has 2 rings (SSSR count). The summed E-state index contributed by atoms with van der Waals surface area (Å²) in [6, 6.07) is 6.05. The van der Waals surface area contributed by atoms with Crippen LogP contribution in [-0.4, -0.2) is 19.3 Å². The lowest BCUT2D eigenvalue weighted by Gasteiger charge is -2.30. The molecule has 1 aliphatic heterocycles. The highest BCUT2D eigenvalue weighted by Crippen LogP contribution is 2.46. The van der Waals surface area contributed by atoms with Crippen molar-refractivity contribution in [3.8, 4) is 5.75 Å². The standard InChI is InChI=1S/C13H16Br2O2/c1-13(6-3-7-17-13)12(15)10-8-9(14)4-5-11(10)16-2/h4-5,8,12H,3,6-7H2,1-2H3. The lowest BCUT2D eigenvalue weighted by molar-refractivity contribution is 0.0193. The summed E-state index contributed by atoms with van der Waals surface area (Å²) in [6.07, 6.45) is 2.19. The van der Waals surface area contributed by atoms with Crippen molar-refractivity contribution in [2.75, 3.05) is 13.7 Å². The zero-order chi connectivity index (χ0) is 12.5. The van der Waals surface area contributed by atoms with Gasteiger partial charge in [0.05, 0.1) is 17.5 Å². The molecular formula is C13H16Br2O2. The van der Waals surface area contributed by atoms with Crippen molar-refractivity contribution in [2.45, 2.75) is 30.2 Å². The molecule has 0 bridgehead atoms. The number of methoxy groups -OCH3 is 1. The summed E-state index contributed by atoms with van der Waals surface area (Å²) in [7, 11) is 1.70. The van der Waals surface area contributed by atoms with Gasteiger partial charge in [-0.2, -0.15) is 0 Å². The smallest absolute Gasteiger partial charge is 0.123 e. The third kappa shape index (κ3) is 2.69. The first kappa shape index (κ1) is 13.4. The number of rotatable bonds is 3. The average Bonchev–Trinajstić information content (AvgIpc) is 2.76. The van der Waals surface area contributed by atoms with Crippen molar-refractivity contribution >= 4 is 31.9 Å². The molecule has 2 atom stereocenters. The second-order valence-electron chi connectivity index (χ2n) is 4.51. The molecule has 0 saturated carbocycles. The van der Waals surface area contributed by atoms with Crippen molar-refractivity contribution in [2.24, 2.45) is 0 Å². The molecular weight excluding hydrogens is 348 g/mol. The highest BCUT2D eigenvalue weighted by atomic mass is 79.9. The van der Waals surface area contributed by atoms with Gasteiger partial charge in [-0.25, -0.2) is 0 Å². The number of ether oxygens (including phenoxy) is 2. The summed E-state index contributed by atoms with van der Waals surface area (Å²) >= 11 is 7.27. The molecule has 0 aromatic heterocycles. The van der Waals surface area contributed by atoms with Crippen LogP contribution in [0.25, 0.3) is 0 Å². The summed E-state index contributed by atoms with van der Waals surface area (Å²) in [5.74, 6) is 0.895. The maximum absolute atomic E-state index is 5.88. The van der Waals surface area contributed by atoms with Crippen LogP contribution in [0.5, 0.6) is 5.75 Å². The first-order valence-corrected chi connectivity index (χ1v) is 7.39. The first-order chi connectivity index (χ1) is 8.07. The van der Waals surface area contributed by atoms with E-state index in [2.05, 4.69) is 44.8 Å². The van der Waals surface area contributed by atoms with Gasteiger partial charge in [-0.1, -0.05) is 31.9 Å². The normalized spacial score (nSPS) is 25.9. The Morgan fingerprint density at radius 1 is 1.47 bits per heavy atom. The van der Waals surface area contributed by atoms with Gasteiger partial charge in [0, 0.05) is 16.6 Å². The Labute approximate surface area is 119 Å². The zero-order valence-electron chi connectivity index (χ0n) is 10.0. The maximum atomic E-state index is 5.88. The van der Waals surface area contributed by atoms with Gasteiger partial charge >= 0.3 is 0 Å². The van der Waals surface area contributed by atoms with E-state index in [0.29, 0.717) is 0 Å². The summed E-state index contributed by atoms with van der Waals surface area (Å²) in [5, 5.41) is 0. The molecule has 0 amide bonds. The Morgan fingerprint density at radius 2 is 2.24 bits per heavy atom. The SMILES string of the molecule is COc1ccc(Br)cc1C(Br)C1(C)CCCO1. The molecule has 17 heavy (non-hydrogen) atoms. The number of benzene rings is 1. The summed E-state index contributed by atoms with van der Waals surface area (Å²) in [6.45, 7) is 2.99. The highest BCUT2D eigenvalue weighted by Gasteiger charge is 2.39. The molecule has 1 heterocycles. The van der Waals surface area contributed by atoms with Gasteiger partial charge in [0.25, 0.3) is 0 Å². The second kappa shape index (κ2) is 5.29. The highest BCUT2D eigenvalue weighted by molar-refractivity contribution is 9.10. The molecule has 0 N–H and O–H groups in total. The van der Waals surface area contributed by atoms with Crippen LogP contribution in [0.3, 0.4) is 0 Å².